The molecule has 35 heavy (non-hydrogen) atoms. The van der Waals surface area contributed by atoms with Crippen LogP contribution in [0, 0.1) is 0 Å². The Hall–Kier alpha value is -2.19. The molecular weight excluding hydrogens is 519 g/mol. The molecule has 0 fully saturated rings. The fraction of sp³-hybridized carbons (Fsp3) is 0.440. The first kappa shape index (κ1) is 29.0. The molecule has 2 aromatic rings. The van der Waals surface area contributed by atoms with E-state index in [0.29, 0.717) is 15.8 Å². The van der Waals surface area contributed by atoms with E-state index >= 15 is 0 Å². The zero-order valence-corrected chi connectivity index (χ0v) is 22.2. The Morgan fingerprint density at radius 3 is 2.03 bits per heavy atom. The van der Waals surface area contributed by atoms with Crippen LogP contribution in [0.1, 0.15) is 38.8 Å². The first-order valence-electron chi connectivity index (χ1n) is 10.8. The summed E-state index contributed by atoms with van der Waals surface area (Å²) >= 11 is 18.4. The molecule has 1 unspecified atom stereocenters. The van der Waals surface area contributed by atoms with Gasteiger partial charge in [0.05, 0.1) is 15.9 Å². The molecule has 0 saturated heterocycles. The van der Waals surface area contributed by atoms with Crippen molar-refractivity contribution in [1.82, 2.24) is 0 Å². The summed E-state index contributed by atoms with van der Waals surface area (Å²) in [5, 5.41) is 10.3. The van der Waals surface area contributed by atoms with Crippen molar-refractivity contribution in [2.75, 3.05) is 25.7 Å². The van der Waals surface area contributed by atoms with Crippen LogP contribution in [0.2, 0.25) is 10.0 Å². The van der Waals surface area contributed by atoms with Gasteiger partial charge in [0.2, 0.25) is 0 Å². The molecule has 0 bridgehead atoms. The van der Waals surface area contributed by atoms with Crippen LogP contribution in [0.3, 0.4) is 0 Å². The van der Waals surface area contributed by atoms with Crippen molar-refractivity contribution >= 4 is 46.7 Å². The number of benzene rings is 2. The van der Waals surface area contributed by atoms with Gasteiger partial charge in [-0.2, -0.15) is 0 Å². The number of alkyl halides is 1. The lowest BCUT2D eigenvalue weighted by Crippen LogP contribution is -2.29. The molecule has 0 amide bonds. The van der Waals surface area contributed by atoms with Crippen molar-refractivity contribution in [3.63, 3.8) is 0 Å². The molecule has 0 aromatic heterocycles. The number of ether oxygens (including phenoxy) is 4. The van der Waals surface area contributed by atoms with Crippen LogP contribution in [-0.2, 0) is 24.5 Å². The number of aliphatic hydroxyl groups excluding tert-OH is 1. The largest absolute Gasteiger partial charge is 0.490 e. The van der Waals surface area contributed by atoms with Crippen LogP contribution < -0.4 is 9.47 Å². The zero-order chi connectivity index (χ0) is 26.2. The van der Waals surface area contributed by atoms with E-state index in [9.17, 15) is 14.7 Å². The van der Waals surface area contributed by atoms with Gasteiger partial charge < -0.3 is 24.1 Å². The molecule has 7 nitrogen and oxygen atoms in total. The Labute approximate surface area is 220 Å². The van der Waals surface area contributed by atoms with Crippen molar-refractivity contribution in [3.8, 4) is 11.5 Å². The van der Waals surface area contributed by atoms with Crippen LogP contribution in [-0.4, -0.2) is 55.0 Å². The van der Waals surface area contributed by atoms with Gasteiger partial charge in [-0.1, -0.05) is 49.2 Å². The summed E-state index contributed by atoms with van der Waals surface area (Å²) in [6, 6.07) is 11.0. The number of carbonyl (C=O) groups excluding carboxylic acids is 2. The third-order valence-electron chi connectivity index (χ3n) is 5.14. The Kier molecular flexibility index (Phi) is 11.0. The van der Waals surface area contributed by atoms with Crippen LogP contribution >= 0.6 is 34.8 Å². The number of aliphatic hydroxyl groups is 1. The minimum atomic E-state index is -0.827. The van der Waals surface area contributed by atoms with Gasteiger partial charge in [-0.05, 0) is 35.4 Å². The maximum absolute atomic E-state index is 11.3. The van der Waals surface area contributed by atoms with E-state index in [0.717, 1.165) is 11.1 Å². The van der Waals surface area contributed by atoms with Gasteiger partial charge in [0.15, 0.2) is 11.9 Å². The average Bonchev–Trinajstić information content (AvgIpc) is 2.79. The van der Waals surface area contributed by atoms with Crippen molar-refractivity contribution in [1.29, 1.82) is 0 Å². The van der Waals surface area contributed by atoms with Crippen molar-refractivity contribution in [2.24, 2.45) is 0 Å². The first-order valence-corrected chi connectivity index (χ1v) is 12.1. The summed E-state index contributed by atoms with van der Waals surface area (Å²) in [5.41, 5.74) is 1.37. The number of hydrogen-bond donors (Lipinski definition) is 1. The van der Waals surface area contributed by atoms with Gasteiger partial charge in [0.25, 0.3) is 0 Å². The summed E-state index contributed by atoms with van der Waals surface area (Å²) in [6.45, 7) is 6.52. The quantitative estimate of drug-likeness (QED) is 0.289. The van der Waals surface area contributed by atoms with E-state index in [4.69, 9.17) is 53.8 Å². The predicted octanol–water partition coefficient (Wildman–Crippen LogP) is 5.17. The number of hydrogen-bond acceptors (Lipinski definition) is 7. The smallest absolute Gasteiger partial charge is 0.303 e. The maximum atomic E-state index is 11.3. The molecule has 0 saturated carbocycles. The van der Waals surface area contributed by atoms with Crippen LogP contribution in [0.5, 0.6) is 11.5 Å². The number of rotatable bonds is 12. The normalized spacial score (nSPS) is 13.0. The van der Waals surface area contributed by atoms with E-state index < -0.39 is 29.6 Å². The van der Waals surface area contributed by atoms with Gasteiger partial charge in [0, 0.05) is 19.3 Å². The van der Waals surface area contributed by atoms with Gasteiger partial charge in [-0.15, -0.1) is 11.6 Å². The van der Waals surface area contributed by atoms with E-state index in [1.165, 1.54) is 13.8 Å². The minimum absolute atomic E-state index is 0.0215. The minimum Gasteiger partial charge on any atom is -0.490 e. The molecule has 1 N–H and O–H groups in total. The zero-order valence-electron chi connectivity index (χ0n) is 20.0. The molecule has 0 aliphatic rings. The molecule has 2 rings (SSSR count). The highest BCUT2D eigenvalue weighted by Crippen LogP contribution is 2.40. The summed E-state index contributed by atoms with van der Waals surface area (Å²) in [5.74, 6) is -0.0799. The highest BCUT2D eigenvalue weighted by atomic mass is 35.5. The van der Waals surface area contributed by atoms with Gasteiger partial charge >= 0.3 is 11.9 Å². The fourth-order valence-electron chi connectivity index (χ4n) is 3.17. The summed E-state index contributed by atoms with van der Waals surface area (Å²) < 4.78 is 21.3. The highest BCUT2D eigenvalue weighted by Gasteiger charge is 2.26. The number of carbonyl (C=O) groups is 2. The van der Waals surface area contributed by atoms with Crippen LogP contribution in [0.4, 0.5) is 0 Å². The van der Waals surface area contributed by atoms with Crippen LogP contribution in [0.15, 0.2) is 36.4 Å². The summed E-state index contributed by atoms with van der Waals surface area (Å²) in [7, 11) is 0. The lowest BCUT2D eigenvalue weighted by atomic mass is 9.78. The maximum Gasteiger partial charge on any atom is 0.303 e. The van der Waals surface area contributed by atoms with Crippen molar-refractivity contribution < 1.29 is 33.6 Å². The highest BCUT2D eigenvalue weighted by molar-refractivity contribution is 6.37. The molecule has 192 valence electrons. The third kappa shape index (κ3) is 8.76. The van der Waals surface area contributed by atoms with E-state index in [1.54, 1.807) is 24.3 Å². The fourth-order valence-corrected chi connectivity index (χ4v) is 3.85. The summed E-state index contributed by atoms with van der Waals surface area (Å²) in [4.78, 5) is 22.3. The topological polar surface area (TPSA) is 91.3 Å². The SMILES string of the molecule is CC(=O)OC[C@H](COc1ccc(C(C)(C)c2cc(Cl)c(OCC(O)CCl)c(Cl)c2)cc1)OC(C)=O. The molecule has 2 atom stereocenters. The molecule has 0 aliphatic carbocycles. The number of esters is 2. The van der Waals surface area contributed by atoms with Gasteiger partial charge in [-0.3, -0.25) is 9.59 Å². The summed E-state index contributed by atoms with van der Waals surface area (Å²) in [6.07, 6.45) is -1.55. The molecule has 0 aliphatic heterocycles. The Balaban J connectivity index is 2.12. The van der Waals surface area contributed by atoms with Gasteiger partial charge in [-0.25, -0.2) is 0 Å². The lowest BCUT2D eigenvalue weighted by Gasteiger charge is -2.27. The monoisotopic (exact) mass is 546 g/mol. The third-order valence-corrected chi connectivity index (χ3v) is 6.05. The van der Waals surface area contributed by atoms with E-state index in [2.05, 4.69) is 0 Å². The van der Waals surface area contributed by atoms with Crippen LogP contribution in [0.25, 0.3) is 0 Å². The van der Waals surface area contributed by atoms with E-state index in [-0.39, 0.29) is 31.5 Å². The second-order valence-corrected chi connectivity index (χ2v) is 9.51. The average molecular weight is 548 g/mol. The Morgan fingerprint density at radius 2 is 1.51 bits per heavy atom. The predicted molar refractivity (Wildman–Crippen MR) is 135 cm³/mol. The molecule has 10 heteroatoms. The molecule has 0 heterocycles. The molecular formula is C25H29Cl3O7. The van der Waals surface area contributed by atoms with E-state index in [1.807, 2.05) is 26.0 Å². The van der Waals surface area contributed by atoms with Gasteiger partial charge in [0.1, 0.15) is 31.7 Å². The molecule has 0 spiro atoms. The Bertz CT molecular complexity index is 986. The standard InChI is InChI=1S/C25H29Cl3O7/c1-15(29)32-13-21(35-16(2)30)14-33-20-7-5-17(6-8-20)25(3,4)18-9-22(27)24(23(28)10-18)34-12-19(31)11-26/h5-10,19,21,31H,11-14H2,1-4H3/t19?,21-/m1/s1. The lowest BCUT2D eigenvalue weighted by molar-refractivity contribution is -0.158. The molecule has 0 radical (unpaired) electrons. The van der Waals surface area contributed by atoms with Crippen molar-refractivity contribution in [2.45, 2.75) is 45.3 Å². The second-order valence-electron chi connectivity index (χ2n) is 8.38. The second kappa shape index (κ2) is 13.2. The Morgan fingerprint density at radius 1 is 0.914 bits per heavy atom. The number of halogens is 3. The molecule has 2 aromatic carbocycles. The first-order chi connectivity index (χ1) is 16.4. The van der Waals surface area contributed by atoms with Crippen molar-refractivity contribution in [3.05, 3.63) is 57.6 Å².